The lowest BCUT2D eigenvalue weighted by Crippen LogP contribution is -2.36. The Balaban J connectivity index is 1.76. The zero-order valence-electron chi connectivity index (χ0n) is 18.1. The number of benzene rings is 2. The van der Waals surface area contributed by atoms with Gasteiger partial charge < -0.3 is 4.90 Å². The Labute approximate surface area is 193 Å². The summed E-state index contributed by atoms with van der Waals surface area (Å²) in [5.41, 5.74) is 4.26. The fourth-order valence-electron chi connectivity index (χ4n) is 3.88. The molecule has 0 unspecified atom stereocenters. The molecule has 1 aliphatic heterocycles. The quantitative estimate of drug-likeness (QED) is 0.486. The van der Waals surface area contributed by atoms with E-state index in [9.17, 15) is 9.59 Å². The minimum Gasteiger partial charge on any atom is -0.366 e. The van der Waals surface area contributed by atoms with Crippen LogP contribution in [0.25, 0.3) is 5.57 Å². The molecule has 6 heteroatoms. The van der Waals surface area contributed by atoms with E-state index in [2.05, 4.69) is 4.98 Å². The van der Waals surface area contributed by atoms with Gasteiger partial charge in [-0.3, -0.25) is 14.6 Å². The smallest absolute Gasteiger partial charge is 0.282 e. The second kappa shape index (κ2) is 9.37. The first-order chi connectivity index (χ1) is 15.5. The summed E-state index contributed by atoms with van der Waals surface area (Å²) >= 11 is 6.15. The number of aryl methyl sites for hydroxylation is 1. The Morgan fingerprint density at radius 1 is 0.969 bits per heavy atom. The van der Waals surface area contributed by atoms with Crippen LogP contribution in [-0.2, 0) is 16.0 Å². The molecular weight excluding hydrogens is 422 g/mol. The molecule has 3 aromatic rings. The van der Waals surface area contributed by atoms with E-state index in [1.165, 1.54) is 4.90 Å². The van der Waals surface area contributed by atoms with E-state index in [0.717, 1.165) is 23.1 Å². The summed E-state index contributed by atoms with van der Waals surface area (Å²) in [6.07, 6.45) is 4.25. The van der Waals surface area contributed by atoms with Crippen LogP contribution in [0, 0.1) is 6.92 Å². The summed E-state index contributed by atoms with van der Waals surface area (Å²) in [5.74, 6) is -0.664. The first-order valence-corrected chi connectivity index (χ1v) is 11.0. The summed E-state index contributed by atoms with van der Waals surface area (Å²) in [4.78, 5) is 34.5. The van der Waals surface area contributed by atoms with Gasteiger partial charge >= 0.3 is 0 Å². The number of nitrogens with zero attached hydrogens (tertiary/aromatic N) is 3. The van der Waals surface area contributed by atoms with Gasteiger partial charge in [0, 0.05) is 30.5 Å². The first-order valence-electron chi connectivity index (χ1n) is 10.6. The molecule has 0 spiro atoms. The molecule has 0 saturated carbocycles. The van der Waals surface area contributed by atoms with Crippen molar-refractivity contribution >= 4 is 34.7 Å². The van der Waals surface area contributed by atoms with E-state index < -0.39 is 0 Å². The maximum Gasteiger partial charge on any atom is 0.282 e. The topological polar surface area (TPSA) is 53.5 Å². The number of amides is 2. The van der Waals surface area contributed by atoms with Gasteiger partial charge in [0.2, 0.25) is 0 Å². The molecule has 4 rings (SSSR count). The minimum absolute atomic E-state index is 0.329. The first kappa shape index (κ1) is 21.8. The standard InChI is InChI=1S/C26H24ClN3O2/c1-3-29(16-13-19-11-14-28-15-12-19)24-23(20-9-7-18(2)8-10-20)25(31)30(26(24)32)22-6-4-5-21(27)17-22/h4-12,14-15,17H,3,13,16H2,1-2H3. The van der Waals surface area contributed by atoms with Crippen molar-refractivity contribution < 1.29 is 9.59 Å². The number of rotatable bonds is 7. The highest BCUT2D eigenvalue weighted by Crippen LogP contribution is 2.35. The van der Waals surface area contributed by atoms with Crippen LogP contribution >= 0.6 is 11.6 Å². The molecule has 5 nitrogen and oxygen atoms in total. The molecule has 32 heavy (non-hydrogen) atoms. The van der Waals surface area contributed by atoms with Crippen molar-refractivity contribution in [3.8, 4) is 0 Å². The van der Waals surface area contributed by atoms with Crippen LogP contribution < -0.4 is 4.90 Å². The van der Waals surface area contributed by atoms with Crippen LogP contribution in [0.3, 0.4) is 0 Å². The summed E-state index contributed by atoms with van der Waals surface area (Å²) in [6, 6.07) is 18.4. The van der Waals surface area contributed by atoms with Crippen LogP contribution in [0.2, 0.25) is 5.02 Å². The average molecular weight is 446 g/mol. The number of halogens is 1. The Hall–Kier alpha value is -3.44. The number of pyridine rings is 1. The average Bonchev–Trinajstić information content (AvgIpc) is 3.06. The third kappa shape index (κ3) is 4.30. The second-order valence-electron chi connectivity index (χ2n) is 7.70. The fourth-order valence-corrected chi connectivity index (χ4v) is 4.07. The van der Waals surface area contributed by atoms with E-state index in [4.69, 9.17) is 11.6 Å². The van der Waals surface area contributed by atoms with Gasteiger partial charge in [0.1, 0.15) is 5.70 Å². The summed E-state index contributed by atoms with van der Waals surface area (Å²) in [5, 5.41) is 0.471. The van der Waals surface area contributed by atoms with E-state index in [0.29, 0.717) is 35.1 Å². The van der Waals surface area contributed by atoms with Crippen molar-refractivity contribution in [1.82, 2.24) is 9.88 Å². The summed E-state index contributed by atoms with van der Waals surface area (Å²) < 4.78 is 0. The second-order valence-corrected chi connectivity index (χ2v) is 8.14. The number of hydrogen-bond acceptors (Lipinski definition) is 4. The maximum atomic E-state index is 13.6. The third-order valence-electron chi connectivity index (χ3n) is 5.58. The molecule has 0 bridgehead atoms. The number of carbonyl (C=O) groups excluding carboxylic acids is 2. The van der Waals surface area contributed by atoms with Crippen molar-refractivity contribution in [3.05, 3.63) is 100 Å². The van der Waals surface area contributed by atoms with Crippen LogP contribution in [0.1, 0.15) is 23.6 Å². The number of hydrogen-bond donors (Lipinski definition) is 0. The van der Waals surface area contributed by atoms with Crippen molar-refractivity contribution in [2.75, 3.05) is 18.0 Å². The Kier molecular flexibility index (Phi) is 6.37. The number of likely N-dealkylation sites (N-methyl/N-ethyl adjacent to an activating group) is 1. The van der Waals surface area contributed by atoms with Crippen LogP contribution in [-0.4, -0.2) is 34.8 Å². The minimum atomic E-state index is -0.335. The molecule has 0 saturated heterocycles. The third-order valence-corrected chi connectivity index (χ3v) is 5.82. The van der Waals surface area contributed by atoms with Gasteiger partial charge in [0.15, 0.2) is 0 Å². The van der Waals surface area contributed by atoms with Crippen molar-refractivity contribution in [3.63, 3.8) is 0 Å². The van der Waals surface area contributed by atoms with Gasteiger partial charge in [-0.2, -0.15) is 0 Å². The van der Waals surface area contributed by atoms with Gasteiger partial charge in [-0.25, -0.2) is 4.90 Å². The highest BCUT2D eigenvalue weighted by molar-refractivity contribution is 6.45. The van der Waals surface area contributed by atoms with Crippen molar-refractivity contribution in [1.29, 1.82) is 0 Å². The van der Waals surface area contributed by atoms with Crippen LogP contribution in [0.5, 0.6) is 0 Å². The molecule has 2 heterocycles. The van der Waals surface area contributed by atoms with Crippen LogP contribution in [0.4, 0.5) is 5.69 Å². The van der Waals surface area contributed by atoms with Gasteiger partial charge in [-0.15, -0.1) is 0 Å². The molecule has 0 aliphatic carbocycles. The lowest BCUT2D eigenvalue weighted by molar-refractivity contribution is -0.120. The predicted octanol–water partition coefficient (Wildman–Crippen LogP) is 4.89. The van der Waals surface area contributed by atoms with E-state index in [1.807, 2.05) is 55.1 Å². The van der Waals surface area contributed by atoms with Gasteiger partial charge in [0.25, 0.3) is 11.8 Å². The van der Waals surface area contributed by atoms with Crippen molar-refractivity contribution in [2.45, 2.75) is 20.3 Å². The highest BCUT2D eigenvalue weighted by Gasteiger charge is 2.42. The molecule has 0 fully saturated rings. The van der Waals surface area contributed by atoms with Gasteiger partial charge in [0.05, 0.1) is 11.3 Å². The summed E-state index contributed by atoms with van der Waals surface area (Å²) in [6.45, 7) is 5.18. The monoisotopic (exact) mass is 445 g/mol. The lowest BCUT2D eigenvalue weighted by atomic mass is 10.0. The Bertz CT molecular complexity index is 1170. The van der Waals surface area contributed by atoms with Crippen molar-refractivity contribution in [2.24, 2.45) is 0 Å². The Morgan fingerprint density at radius 2 is 1.69 bits per heavy atom. The molecule has 1 aromatic heterocycles. The molecule has 2 amide bonds. The number of imide groups is 1. The Morgan fingerprint density at radius 3 is 2.34 bits per heavy atom. The maximum absolute atomic E-state index is 13.6. The molecule has 162 valence electrons. The molecule has 0 radical (unpaired) electrons. The molecule has 0 N–H and O–H groups in total. The largest absolute Gasteiger partial charge is 0.366 e. The van der Waals surface area contributed by atoms with Gasteiger partial charge in [-0.1, -0.05) is 47.5 Å². The highest BCUT2D eigenvalue weighted by atomic mass is 35.5. The molecule has 1 aliphatic rings. The van der Waals surface area contributed by atoms with E-state index >= 15 is 0 Å². The molecule has 0 atom stereocenters. The SMILES string of the molecule is CCN(CCc1ccncc1)C1=C(c2ccc(C)cc2)C(=O)N(c2cccc(Cl)c2)C1=O. The normalized spacial score (nSPS) is 13.8. The fraction of sp³-hybridized carbons (Fsp3) is 0.192. The molecule has 2 aromatic carbocycles. The molecular formula is C26H24ClN3O2. The van der Waals surface area contributed by atoms with E-state index in [-0.39, 0.29) is 11.8 Å². The van der Waals surface area contributed by atoms with E-state index in [1.54, 1.807) is 36.7 Å². The number of carbonyl (C=O) groups is 2. The zero-order valence-corrected chi connectivity index (χ0v) is 18.8. The predicted molar refractivity (Wildman–Crippen MR) is 127 cm³/mol. The lowest BCUT2D eigenvalue weighted by Gasteiger charge is -2.25. The van der Waals surface area contributed by atoms with Gasteiger partial charge in [-0.05, 0) is 61.7 Å². The van der Waals surface area contributed by atoms with Crippen LogP contribution in [0.15, 0.2) is 78.8 Å². The summed E-state index contributed by atoms with van der Waals surface area (Å²) in [7, 11) is 0. The zero-order chi connectivity index (χ0) is 22.7. The number of anilines is 1. The number of aromatic nitrogens is 1.